The molecule has 0 bridgehead atoms. The molecule has 0 saturated carbocycles. The maximum Gasteiger partial charge on any atom is 0.227 e. The Morgan fingerprint density at radius 1 is 1.40 bits per heavy atom. The Kier molecular flexibility index (Phi) is 2.86. The lowest BCUT2D eigenvalue weighted by Crippen LogP contribution is -2.56. The van der Waals surface area contributed by atoms with Crippen molar-refractivity contribution >= 4 is 5.95 Å². The van der Waals surface area contributed by atoms with Gasteiger partial charge in [0.05, 0.1) is 6.17 Å². The number of anilines is 1. The Morgan fingerprint density at radius 3 is 2.53 bits per heavy atom. The summed E-state index contributed by atoms with van der Waals surface area (Å²) >= 11 is 0. The fourth-order valence-electron chi connectivity index (χ4n) is 1.91. The Hall–Kier alpha value is -1.16. The first-order valence-electron chi connectivity index (χ1n) is 5.53. The number of rotatable bonds is 3. The number of aryl methyl sites for hydroxylation is 2. The van der Waals surface area contributed by atoms with Crippen LogP contribution >= 0.6 is 0 Å². The van der Waals surface area contributed by atoms with E-state index in [0.29, 0.717) is 6.17 Å². The molecule has 1 aliphatic rings. The summed E-state index contributed by atoms with van der Waals surface area (Å²) in [5.74, 6) is 0.865. The van der Waals surface area contributed by atoms with Crippen LogP contribution in [0.25, 0.3) is 0 Å². The fraction of sp³-hybridized carbons (Fsp3) is 0.636. The zero-order chi connectivity index (χ0) is 10.8. The van der Waals surface area contributed by atoms with Gasteiger partial charge in [-0.05, 0) is 32.9 Å². The third-order valence-corrected chi connectivity index (χ3v) is 2.69. The van der Waals surface area contributed by atoms with Crippen molar-refractivity contribution in [2.24, 2.45) is 0 Å². The van der Waals surface area contributed by atoms with E-state index in [1.807, 2.05) is 19.9 Å². The lowest BCUT2D eigenvalue weighted by atomic mass is 10.1. The van der Waals surface area contributed by atoms with Crippen molar-refractivity contribution in [1.29, 1.82) is 0 Å². The first-order valence-corrected chi connectivity index (χ1v) is 5.53. The maximum atomic E-state index is 4.46. The summed E-state index contributed by atoms with van der Waals surface area (Å²) in [6.45, 7) is 8.20. The minimum Gasteiger partial charge on any atom is -0.325 e. The number of hydrogen-bond acceptors (Lipinski definition) is 4. The second-order valence-corrected chi connectivity index (χ2v) is 4.01. The van der Waals surface area contributed by atoms with E-state index in [0.717, 1.165) is 30.4 Å². The third kappa shape index (κ3) is 2.09. The summed E-state index contributed by atoms with van der Waals surface area (Å²) in [6, 6.07) is 2.01. The summed E-state index contributed by atoms with van der Waals surface area (Å²) < 4.78 is 0. The van der Waals surface area contributed by atoms with E-state index < -0.39 is 0 Å². The monoisotopic (exact) mass is 206 g/mol. The van der Waals surface area contributed by atoms with E-state index in [-0.39, 0.29) is 0 Å². The van der Waals surface area contributed by atoms with Crippen molar-refractivity contribution in [3.63, 3.8) is 0 Å². The molecule has 1 aliphatic heterocycles. The molecule has 15 heavy (non-hydrogen) atoms. The van der Waals surface area contributed by atoms with Crippen LogP contribution in [-0.4, -0.2) is 29.2 Å². The van der Waals surface area contributed by atoms with Crippen LogP contribution < -0.4 is 10.2 Å². The molecule has 82 valence electrons. The SMILES string of the molecule is CCNC1CCN1c1nc(C)cc(C)n1. The molecule has 1 aromatic heterocycles. The van der Waals surface area contributed by atoms with Crippen molar-refractivity contribution in [1.82, 2.24) is 15.3 Å². The van der Waals surface area contributed by atoms with Crippen LogP contribution in [0.2, 0.25) is 0 Å². The molecule has 0 amide bonds. The van der Waals surface area contributed by atoms with E-state index >= 15 is 0 Å². The van der Waals surface area contributed by atoms with Crippen LogP contribution in [0.4, 0.5) is 5.95 Å². The average molecular weight is 206 g/mol. The highest BCUT2D eigenvalue weighted by atomic mass is 15.4. The highest BCUT2D eigenvalue weighted by molar-refractivity contribution is 5.36. The Bertz CT molecular complexity index is 330. The van der Waals surface area contributed by atoms with Gasteiger partial charge in [-0.3, -0.25) is 5.32 Å². The van der Waals surface area contributed by atoms with Crippen LogP contribution in [-0.2, 0) is 0 Å². The molecule has 2 heterocycles. The molecular weight excluding hydrogens is 188 g/mol. The van der Waals surface area contributed by atoms with Crippen molar-refractivity contribution in [3.8, 4) is 0 Å². The second kappa shape index (κ2) is 4.14. The van der Waals surface area contributed by atoms with Crippen LogP contribution in [0.15, 0.2) is 6.07 Å². The van der Waals surface area contributed by atoms with Gasteiger partial charge in [-0.2, -0.15) is 0 Å². The van der Waals surface area contributed by atoms with Crippen LogP contribution in [0.3, 0.4) is 0 Å². The standard InChI is InChI=1S/C11H18N4/c1-4-12-10-5-6-15(10)11-13-8(2)7-9(3)14-11/h7,10,12H,4-6H2,1-3H3. The molecule has 1 saturated heterocycles. The average Bonchev–Trinajstić information content (AvgIpc) is 2.10. The second-order valence-electron chi connectivity index (χ2n) is 4.01. The molecule has 4 heteroatoms. The van der Waals surface area contributed by atoms with Crippen molar-refractivity contribution < 1.29 is 0 Å². The Morgan fingerprint density at radius 2 is 2.07 bits per heavy atom. The molecule has 2 rings (SSSR count). The Labute approximate surface area is 90.7 Å². The van der Waals surface area contributed by atoms with Gasteiger partial charge in [-0.15, -0.1) is 0 Å². The first kappa shape index (κ1) is 10.4. The van der Waals surface area contributed by atoms with Gasteiger partial charge < -0.3 is 4.90 Å². The Balaban J connectivity index is 2.15. The molecule has 0 radical (unpaired) electrons. The van der Waals surface area contributed by atoms with Gasteiger partial charge in [0.1, 0.15) is 0 Å². The van der Waals surface area contributed by atoms with E-state index in [9.17, 15) is 0 Å². The summed E-state index contributed by atoms with van der Waals surface area (Å²) in [6.07, 6.45) is 1.61. The predicted octanol–water partition coefficient (Wildman–Crippen LogP) is 1.24. The van der Waals surface area contributed by atoms with E-state index in [1.54, 1.807) is 0 Å². The molecule has 0 spiro atoms. The topological polar surface area (TPSA) is 41.0 Å². The van der Waals surface area contributed by atoms with E-state index in [4.69, 9.17) is 0 Å². The molecule has 1 unspecified atom stereocenters. The minimum atomic E-state index is 0.427. The molecule has 0 aromatic carbocycles. The molecular formula is C11H18N4. The van der Waals surface area contributed by atoms with Crippen molar-refractivity contribution in [2.75, 3.05) is 18.0 Å². The summed E-state index contributed by atoms with van der Waals surface area (Å²) in [7, 11) is 0. The zero-order valence-corrected chi connectivity index (χ0v) is 9.62. The summed E-state index contributed by atoms with van der Waals surface area (Å²) in [5.41, 5.74) is 2.08. The van der Waals surface area contributed by atoms with Gasteiger partial charge in [-0.1, -0.05) is 6.92 Å². The van der Waals surface area contributed by atoms with Crippen molar-refractivity contribution in [3.05, 3.63) is 17.5 Å². The third-order valence-electron chi connectivity index (χ3n) is 2.69. The van der Waals surface area contributed by atoms with Crippen LogP contribution in [0.5, 0.6) is 0 Å². The lowest BCUT2D eigenvalue weighted by Gasteiger charge is -2.41. The number of nitrogens with one attached hydrogen (secondary N) is 1. The van der Waals surface area contributed by atoms with Gasteiger partial charge in [0.25, 0.3) is 0 Å². The molecule has 1 fully saturated rings. The van der Waals surface area contributed by atoms with E-state index in [2.05, 4.69) is 27.1 Å². The largest absolute Gasteiger partial charge is 0.325 e. The van der Waals surface area contributed by atoms with Crippen LogP contribution in [0, 0.1) is 13.8 Å². The molecule has 1 atom stereocenters. The maximum absolute atomic E-state index is 4.46. The zero-order valence-electron chi connectivity index (χ0n) is 9.62. The molecule has 1 aromatic rings. The predicted molar refractivity (Wildman–Crippen MR) is 60.9 cm³/mol. The van der Waals surface area contributed by atoms with E-state index in [1.165, 1.54) is 6.42 Å². The van der Waals surface area contributed by atoms with Gasteiger partial charge in [-0.25, -0.2) is 9.97 Å². The number of nitrogens with zero attached hydrogens (tertiary/aromatic N) is 3. The molecule has 4 nitrogen and oxygen atoms in total. The van der Waals surface area contributed by atoms with Gasteiger partial charge in [0.15, 0.2) is 0 Å². The van der Waals surface area contributed by atoms with Gasteiger partial charge in [0, 0.05) is 17.9 Å². The summed E-state index contributed by atoms with van der Waals surface area (Å²) in [5, 5.41) is 3.42. The lowest BCUT2D eigenvalue weighted by molar-refractivity contribution is 0.374. The minimum absolute atomic E-state index is 0.427. The van der Waals surface area contributed by atoms with Gasteiger partial charge >= 0.3 is 0 Å². The summed E-state index contributed by atoms with van der Waals surface area (Å²) in [4.78, 5) is 11.2. The quantitative estimate of drug-likeness (QED) is 0.808. The highest BCUT2D eigenvalue weighted by Gasteiger charge is 2.29. The smallest absolute Gasteiger partial charge is 0.227 e. The first-order chi connectivity index (χ1) is 7.20. The highest BCUT2D eigenvalue weighted by Crippen LogP contribution is 2.21. The van der Waals surface area contributed by atoms with Crippen molar-refractivity contribution in [2.45, 2.75) is 33.4 Å². The normalized spacial score (nSPS) is 20.2. The van der Waals surface area contributed by atoms with Gasteiger partial charge in [0.2, 0.25) is 5.95 Å². The molecule has 0 aliphatic carbocycles. The fourth-order valence-corrected chi connectivity index (χ4v) is 1.91. The number of hydrogen-bond donors (Lipinski definition) is 1. The molecule has 1 N–H and O–H groups in total. The van der Waals surface area contributed by atoms with Crippen LogP contribution in [0.1, 0.15) is 24.7 Å². The number of aromatic nitrogens is 2.